The van der Waals surface area contributed by atoms with Crippen molar-refractivity contribution in [3.8, 4) is 5.75 Å². The van der Waals surface area contributed by atoms with Gasteiger partial charge in [0.05, 0.1) is 16.9 Å². The number of nitro benzene ring substituents is 1. The van der Waals surface area contributed by atoms with Gasteiger partial charge in [-0.15, -0.1) is 0 Å². The zero-order valence-electron chi connectivity index (χ0n) is 17.2. The molecule has 0 saturated heterocycles. The molecule has 2 atom stereocenters. The maximum absolute atomic E-state index is 13.4. The minimum atomic E-state index is -4.06. The molecule has 2 N–H and O–H groups in total. The number of methoxy groups -OCH3 is 1. The summed E-state index contributed by atoms with van der Waals surface area (Å²) in [6.07, 6.45) is -1.38. The van der Waals surface area contributed by atoms with Gasteiger partial charge in [0.2, 0.25) is 15.8 Å². The molecule has 0 fully saturated rings. The van der Waals surface area contributed by atoms with Crippen LogP contribution in [0.25, 0.3) is 0 Å². The van der Waals surface area contributed by atoms with Crippen molar-refractivity contribution in [2.24, 2.45) is 0 Å². The van der Waals surface area contributed by atoms with Gasteiger partial charge in [0.1, 0.15) is 11.8 Å². The predicted molar refractivity (Wildman–Crippen MR) is 110 cm³/mol. The van der Waals surface area contributed by atoms with Crippen molar-refractivity contribution in [1.82, 2.24) is 4.72 Å². The van der Waals surface area contributed by atoms with Crippen LogP contribution in [-0.2, 0) is 24.3 Å². The van der Waals surface area contributed by atoms with Gasteiger partial charge in [0.15, 0.2) is 6.10 Å². The number of nitrogens with one attached hydrogen (secondary N) is 2. The first-order valence-corrected chi connectivity index (χ1v) is 10.5. The fourth-order valence-electron chi connectivity index (χ4n) is 2.41. The molecule has 2 rings (SSSR count). The van der Waals surface area contributed by atoms with Crippen LogP contribution in [0, 0.1) is 15.9 Å². The van der Waals surface area contributed by atoms with E-state index in [0.717, 1.165) is 18.2 Å². The summed E-state index contributed by atoms with van der Waals surface area (Å²) in [7, 11) is -2.63. The van der Waals surface area contributed by atoms with E-state index in [4.69, 9.17) is 9.47 Å². The number of carbonyl (C=O) groups is 2. The second-order valence-electron chi connectivity index (χ2n) is 6.51. The van der Waals surface area contributed by atoms with Gasteiger partial charge in [-0.2, -0.15) is 9.11 Å². The van der Waals surface area contributed by atoms with E-state index >= 15 is 0 Å². The Morgan fingerprint density at radius 3 is 2.31 bits per heavy atom. The topological polar surface area (TPSA) is 154 Å². The van der Waals surface area contributed by atoms with E-state index < -0.39 is 50.5 Å². The van der Waals surface area contributed by atoms with Crippen LogP contribution in [-0.4, -0.2) is 44.5 Å². The molecule has 0 heterocycles. The Hall–Kier alpha value is -3.58. The summed E-state index contributed by atoms with van der Waals surface area (Å²) in [5.41, 5.74) is -0.923. The monoisotopic (exact) mass is 469 g/mol. The summed E-state index contributed by atoms with van der Waals surface area (Å²) in [4.78, 5) is 34.1. The van der Waals surface area contributed by atoms with Gasteiger partial charge in [-0.3, -0.25) is 19.7 Å². The zero-order chi connectivity index (χ0) is 24.1. The molecule has 2 aromatic carbocycles. The standard InChI is InChI=1S/C19H20FN3O8S/c1-11(22-32(28,29)15-7-5-14(30-3)6-8-15)19(25)31-12(2)18(24)21-13-4-9-16(20)17(10-13)23(26)27/h4-12,22H,1-3H3,(H,21,24)/t11-,12?/m0/s1. The highest BCUT2D eigenvalue weighted by atomic mass is 32.2. The Morgan fingerprint density at radius 1 is 1.12 bits per heavy atom. The number of anilines is 1. The van der Waals surface area contributed by atoms with E-state index in [1.165, 1.54) is 45.2 Å². The molecule has 2 aromatic rings. The molecule has 1 unspecified atom stereocenters. The van der Waals surface area contributed by atoms with Crippen molar-refractivity contribution in [2.45, 2.75) is 30.9 Å². The minimum Gasteiger partial charge on any atom is -0.497 e. The molecule has 1 amide bonds. The fraction of sp³-hybridized carbons (Fsp3) is 0.263. The molecule has 0 radical (unpaired) electrons. The number of amides is 1. The van der Waals surface area contributed by atoms with E-state index in [0.29, 0.717) is 5.75 Å². The molecule has 11 nitrogen and oxygen atoms in total. The van der Waals surface area contributed by atoms with Crippen molar-refractivity contribution in [2.75, 3.05) is 12.4 Å². The van der Waals surface area contributed by atoms with Crippen LogP contribution < -0.4 is 14.8 Å². The molecule has 0 aliphatic carbocycles. The molecule has 0 saturated carbocycles. The normalized spacial score (nSPS) is 13.0. The van der Waals surface area contributed by atoms with Crippen LogP contribution in [0.3, 0.4) is 0 Å². The molecule has 32 heavy (non-hydrogen) atoms. The number of hydrogen-bond acceptors (Lipinski definition) is 8. The lowest BCUT2D eigenvalue weighted by molar-refractivity contribution is -0.387. The minimum absolute atomic E-state index is 0.0840. The SMILES string of the molecule is COc1ccc(S(=O)(=O)N[C@@H](C)C(=O)OC(C)C(=O)Nc2ccc(F)c([N+](=O)[O-])c2)cc1. The average molecular weight is 469 g/mol. The lowest BCUT2D eigenvalue weighted by Crippen LogP contribution is -2.42. The van der Waals surface area contributed by atoms with Gasteiger partial charge >= 0.3 is 11.7 Å². The number of nitrogens with zero attached hydrogens (tertiary/aromatic N) is 1. The van der Waals surface area contributed by atoms with Gasteiger partial charge in [0.25, 0.3) is 5.91 Å². The van der Waals surface area contributed by atoms with Crippen molar-refractivity contribution in [3.05, 3.63) is 58.4 Å². The van der Waals surface area contributed by atoms with E-state index in [2.05, 4.69) is 10.0 Å². The number of nitro groups is 1. The van der Waals surface area contributed by atoms with Crippen LogP contribution >= 0.6 is 0 Å². The van der Waals surface area contributed by atoms with Crippen LogP contribution in [0.5, 0.6) is 5.75 Å². The highest BCUT2D eigenvalue weighted by Crippen LogP contribution is 2.22. The maximum Gasteiger partial charge on any atom is 0.324 e. The summed E-state index contributed by atoms with van der Waals surface area (Å²) in [6.45, 7) is 2.45. The van der Waals surface area contributed by atoms with Gasteiger partial charge < -0.3 is 14.8 Å². The average Bonchev–Trinajstić information content (AvgIpc) is 2.74. The fourth-order valence-corrected chi connectivity index (χ4v) is 3.60. The number of hydrogen-bond donors (Lipinski definition) is 2. The first-order chi connectivity index (χ1) is 14.9. The lowest BCUT2D eigenvalue weighted by Gasteiger charge is -2.17. The van der Waals surface area contributed by atoms with Crippen molar-refractivity contribution in [3.63, 3.8) is 0 Å². The van der Waals surface area contributed by atoms with Gasteiger partial charge in [-0.25, -0.2) is 8.42 Å². The predicted octanol–water partition coefficient (Wildman–Crippen LogP) is 1.98. The Kier molecular flexibility index (Phi) is 7.83. The molecule has 0 aliphatic heterocycles. The Morgan fingerprint density at radius 2 is 1.75 bits per heavy atom. The number of halogens is 1. The van der Waals surface area contributed by atoms with Gasteiger partial charge in [-0.05, 0) is 50.2 Å². The van der Waals surface area contributed by atoms with E-state index in [1.807, 2.05) is 0 Å². The van der Waals surface area contributed by atoms with Crippen LogP contribution in [0.2, 0.25) is 0 Å². The molecule has 0 bridgehead atoms. The van der Waals surface area contributed by atoms with E-state index in [1.54, 1.807) is 0 Å². The third-order valence-corrected chi connectivity index (χ3v) is 5.68. The Bertz CT molecular complexity index is 1120. The van der Waals surface area contributed by atoms with Crippen LogP contribution in [0.4, 0.5) is 15.8 Å². The molecule has 0 aromatic heterocycles. The van der Waals surface area contributed by atoms with Crippen molar-refractivity contribution in [1.29, 1.82) is 0 Å². The van der Waals surface area contributed by atoms with Crippen molar-refractivity contribution >= 4 is 33.3 Å². The summed E-state index contributed by atoms with van der Waals surface area (Å²) in [5.74, 6) is -2.52. The van der Waals surface area contributed by atoms with Gasteiger partial charge in [0, 0.05) is 11.8 Å². The molecular weight excluding hydrogens is 449 g/mol. The summed E-state index contributed by atoms with van der Waals surface area (Å²) in [5, 5.41) is 13.0. The van der Waals surface area contributed by atoms with Crippen LogP contribution in [0.15, 0.2) is 47.4 Å². The largest absolute Gasteiger partial charge is 0.497 e. The number of benzene rings is 2. The zero-order valence-corrected chi connectivity index (χ0v) is 18.0. The lowest BCUT2D eigenvalue weighted by atomic mass is 10.2. The van der Waals surface area contributed by atoms with Gasteiger partial charge in [-0.1, -0.05) is 0 Å². The summed E-state index contributed by atoms with van der Waals surface area (Å²) >= 11 is 0. The molecule has 13 heteroatoms. The third kappa shape index (κ3) is 6.21. The van der Waals surface area contributed by atoms with E-state index in [-0.39, 0.29) is 10.6 Å². The number of esters is 1. The maximum atomic E-state index is 13.4. The number of ether oxygens (including phenoxy) is 2. The molecule has 0 aliphatic rings. The first kappa shape index (κ1) is 24.7. The Balaban J connectivity index is 1.99. The molecular formula is C19H20FN3O8S. The number of carbonyl (C=O) groups excluding carboxylic acids is 2. The molecule has 0 spiro atoms. The quantitative estimate of drug-likeness (QED) is 0.321. The van der Waals surface area contributed by atoms with Crippen molar-refractivity contribution < 1.29 is 36.8 Å². The Labute approximate surface area is 182 Å². The molecule has 172 valence electrons. The number of rotatable bonds is 9. The van der Waals surface area contributed by atoms with E-state index in [9.17, 15) is 32.5 Å². The highest BCUT2D eigenvalue weighted by Gasteiger charge is 2.27. The summed E-state index contributed by atoms with van der Waals surface area (Å²) < 4.78 is 50.2. The second-order valence-corrected chi connectivity index (χ2v) is 8.22. The van der Waals surface area contributed by atoms with Crippen LogP contribution in [0.1, 0.15) is 13.8 Å². The smallest absolute Gasteiger partial charge is 0.324 e. The number of sulfonamides is 1. The first-order valence-electron chi connectivity index (χ1n) is 9.06. The highest BCUT2D eigenvalue weighted by molar-refractivity contribution is 7.89. The second kappa shape index (κ2) is 10.2. The third-order valence-electron chi connectivity index (χ3n) is 4.13. The summed E-state index contributed by atoms with van der Waals surface area (Å²) in [6, 6.07) is 6.83.